The van der Waals surface area contributed by atoms with Crippen LogP contribution in [0.5, 0.6) is 11.5 Å². The van der Waals surface area contributed by atoms with Crippen molar-refractivity contribution in [3.8, 4) is 11.5 Å². The summed E-state index contributed by atoms with van der Waals surface area (Å²) in [5.74, 6) is 0.500. The minimum Gasteiger partial charge on any atom is -0.488 e. The predicted octanol–water partition coefficient (Wildman–Crippen LogP) is 3.13. The highest BCUT2D eigenvalue weighted by Crippen LogP contribution is 2.41. The number of ether oxygens (including phenoxy) is 2. The first-order chi connectivity index (χ1) is 15.6. The van der Waals surface area contributed by atoms with Crippen LogP contribution in [-0.4, -0.2) is 51.1 Å². The SMILES string of the molecule is CSCCC(NS(=O)(=O)c1ccccc1F)C(=O)NCCOc1cccc2c1OC(C)(C)C2. The number of fused-ring (bicyclic) bond motifs is 1. The van der Waals surface area contributed by atoms with Gasteiger partial charge in [0.05, 0.1) is 6.54 Å². The third-order valence-corrected chi connectivity index (χ3v) is 7.21. The molecule has 1 amide bonds. The van der Waals surface area contributed by atoms with E-state index >= 15 is 0 Å². The number of benzene rings is 2. The van der Waals surface area contributed by atoms with Crippen LogP contribution in [0.4, 0.5) is 4.39 Å². The molecule has 0 spiro atoms. The molecular formula is C23H29FN2O5S2. The van der Waals surface area contributed by atoms with Gasteiger partial charge in [-0.2, -0.15) is 16.5 Å². The maximum atomic E-state index is 14.0. The third-order valence-electron chi connectivity index (χ3n) is 5.06. The van der Waals surface area contributed by atoms with Gasteiger partial charge in [0, 0.05) is 12.0 Å². The van der Waals surface area contributed by atoms with Gasteiger partial charge in [-0.3, -0.25) is 4.79 Å². The number of carbonyl (C=O) groups is 1. The summed E-state index contributed by atoms with van der Waals surface area (Å²) in [5, 5.41) is 2.70. The Morgan fingerprint density at radius 1 is 1.24 bits per heavy atom. The fourth-order valence-electron chi connectivity index (χ4n) is 3.55. The number of amides is 1. The summed E-state index contributed by atoms with van der Waals surface area (Å²) in [6.45, 7) is 4.37. The summed E-state index contributed by atoms with van der Waals surface area (Å²) in [6.07, 6.45) is 2.90. The van der Waals surface area contributed by atoms with Crippen LogP contribution in [0.15, 0.2) is 47.4 Å². The van der Waals surface area contributed by atoms with Crippen molar-refractivity contribution in [2.75, 3.05) is 25.2 Å². The zero-order valence-electron chi connectivity index (χ0n) is 18.9. The topological polar surface area (TPSA) is 93.7 Å². The number of sulfonamides is 1. The van der Waals surface area contributed by atoms with Crippen LogP contribution in [0.25, 0.3) is 0 Å². The predicted molar refractivity (Wildman–Crippen MR) is 127 cm³/mol. The monoisotopic (exact) mass is 496 g/mol. The lowest BCUT2D eigenvalue weighted by Gasteiger charge is -2.19. The highest BCUT2D eigenvalue weighted by Gasteiger charge is 2.32. The van der Waals surface area contributed by atoms with Crippen molar-refractivity contribution in [3.05, 3.63) is 53.8 Å². The van der Waals surface area contributed by atoms with E-state index in [9.17, 15) is 17.6 Å². The average Bonchev–Trinajstić information content (AvgIpc) is 3.08. The first-order valence-corrected chi connectivity index (χ1v) is 13.5. The van der Waals surface area contributed by atoms with Crippen LogP contribution in [0.2, 0.25) is 0 Å². The van der Waals surface area contributed by atoms with Crippen LogP contribution in [0.1, 0.15) is 25.8 Å². The van der Waals surface area contributed by atoms with Crippen molar-refractivity contribution >= 4 is 27.7 Å². The van der Waals surface area contributed by atoms with Gasteiger partial charge in [-0.25, -0.2) is 12.8 Å². The Morgan fingerprint density at radius 2 is 2.00 bits per heavy atom. The number of thioether (sulfide) groups is 1. The van der Waals surface area contributed by atoms with Gasteiger partial charge in [0.25, 0.3) is 0 Å². The molecular weight excluding hydrogens is 467 g/mol. The van der Waals surface area contributed by atoms with Gasteiger partial charge in [0.15, 0.2) is 11.5 Å². The van der Waals surface area contributed by atoms with Gasteiger partial charge in [-0.15, -0.1) is 0 Å². The fourth-order valence-corrected chi connectivity index (χ4v) is 5.33. The first-order valence-electron chi connectivity index (χ1n) is 10.6. The maximum absolute atomic E-state index is 14.0. The van der Waals surface area contributed by atoms with Crippen molar-refractivity contribution in [1.82, 2.24) is 10.0 Å². The minimum absolute atomic E-state index is 0.170. The van der Waals surface area contributed by atoms with Crippen molar-refractivity contribution in [2.45, 2.75) is 43.2 Å². The molecule has 0 aromatic heterocycles. The van der Waals surface area contributed by atoms with E-state index in [-0.39, 0.29) is 25.2 Å². The van der Waals surface area contributed by atoms with Gasteiger partial charge < -0.3 is 14.8 Å². The molecule has 10 heteroatoms. The quantitative estimate of drug-likeness (QED) is 0.465. The second-order valence-electron chi connectivity index (χ2n) is 8.31. The number of nitrogens with one attached hydrogen (secondary N) is 2. The lowest BCUT2D eigenvalue weighted by Crippen LogP contribution is -2.47. The number of hydrogen-bond acceptors (Lipinski definition) is 6. The number of rotatable bonds is 11. The summed E-state index contributed by atoms with van der Waals surface area (Å²) in [6, 6.07) is 9.73. The Bertz CT molecular complexity index is 1090. The van der Waals surface area contributed by atoms with E-state index in [2.05, 4.69) is 10.0 Å². The number of hydrogen-bond donors (Lipinski definition) is 2. The smallest absolute Gasteiger partial charge is 0.244 e. The molecule has 33 heavy (non-hydrogen) atoms. The van der Waals surface area contributed by atoms with E-state index in [4.69, 9.17) is 9.47 Å². The molecule has 0 saturated carbocycles. The Kier molecular flexibility index (Phi) is 8.25. The number of para-hydroxylation sites is 1. The van der Waals surface area contributed by atoms with Crippen LogP contribution >= 0.6 is 11.8 Å². The summed E-state index contributed by atoms with van der Waals surface area (Å²) < 4.78 is 53.4. The number of halogens is 1. The second kappa shape index (κ2) is 10.8. The molecule has 3 rings (SSSR count). The molecule has 180 valence electrons. The molecule has 2 N–H and O–H groups in total. The Morgan fingerprint density at radius 3 is 2.73 bits per heavy atom. The van der Waals surface area contributed by atoms with Gasteiger partial charge in [0.2, 0.25) is 15.9 Å². The summed E-state index contributed by atoms with van der Waals surface area (Å²) in [4.78, 5) is 12.2. The maximum Gasteiger partial charge on any atom is 0.244 e. The lowest BCUT2D eigenvalue weighted by molar-refractivity contribution is -0.122. The molecule has 1 aliphatic rings. The van der Waals surface area contributed by atoms with Crippen molar-refractivity contribution in [3.63, 3.8) is 0 Å². The van der Waals surface area contributed by atoms with Crippen LogP contribution in [0.3, 0.4) is 0 Å². The van der Waals surface area contributed by atoms with E-state index in [1.807, 2.05) is 38.3 Å². The largest absolute Gasteiger partial charge is 0.488 e. The molecule has 1 unspecified atom stereocenters. The van der Waals surface area contributed by atoms with Gasteiger partial charge in [-0.1, -0.05) is 24.3 Å². The van der Waals surface area contributed by atoms with Gasteiger partial charge in [0.1, 0.15) is 29.0 Å². The highest BCUT2D eigenvalue weighted by atomic mass is 32.2. The van der Waals surface area contributed by atoms with E-state index < -0.39 is 32.7 Å². The fraction of sp³-hybridized carbons (Fsp3) is 0.435. The zero-order valence-corrected chi connectivity index (χ0v) is 20.5. The lowest BCUT2D eigenvalue weighted by atomic mass is 10.0. The van der Waals surface area contributed by atoms with Crippen LogP contribution < -0.4 is 19.5 Å². The first kappa shape index (κ1) is 25.3. The van der Waals surface area contributed by atoms with Crippen LogP contribution in [0, 0.1) is 5.82 Å². The normalized spacial score (nSPS) is 15.4. The number of carbonyl (C=O) groups excluding carboxylic acids is 1. The highest BCUT2D eigenvalue weighted by molar-refractivity contribution is 7.98. The van der Waals surface area contributed by atoms with E-state index in [1.54, 1.807) is 0 Å². The molecule has 1 heterocycles. The van der Waals surface area contributed by atoms with E-state index in [0.717, 1.165) is 24.1 Å². The molecule has 1 atom stereocenters. The molecule has 0 radical (unpaired) electrons. The minimum atomic E-state index is -4.20. The second-order valence-corrected chi connectivity index (χ2v) is 11.0. The summed E-state index contributed by atoms with van der Waals surface area (Å²) in [7, 11) is -4.20. The Balaban J connectivity index is 1.58. The van der Waals surface area contributed by atoms with E-state index in [1.165, 1.54) is 23.9 Å². The molecule has 2 aromatic carbocycles. The van der Waals surface area contributed by atoms with Crippen LogP contribution in [-0.2, 0) is 21.2 Å². The van der Waals surface area contributed by atoms with E-state index in [0.29, 0.717) is 17.3 Å². The van der Waals surface area contributed by atoms with Crippen molar-refractivity contribution in [2.24, 2.45) is 0 Å². The third kappa shape index (κ3) is 6.61. The molecule has 0 fully saturated rings. The average molecular weight is 497 g/mol. The molecule has 2 aromatic rings. The molecule has 1 aliphatic heterocycles. The zero-order chi connectivity index (χ0) is 24.1. The standard InChI is InChI=1S/C23H29FN2O5S2/c1-23(2)15-16-7-6-9-19(21(16)31-23)30-13-12-25-22(27)18(11-14-32-3)26-33(28,29)20-10-5-4-8-17(20)24/h4-10,18,26H,11-15H2,1-3H3,(H,25,27). The Labute approximate surface area is 198 Å². The Hall–Kier alpha value is -2.30. The summed E-state index contributed by atoms with van der Waals surface area (Å²) >= 11 is 1.48. The molecule has 0 bridgehead atoms. The van der Waals surface area contributed by atoms with Gasteiger partial charge in [-0.05, 0) is 50.5 Å². The van der Waals surface area contributed by atoms with Gasteiger partial charge >= 0.3 is 0 Å². The van der Waals surface area contributed by atoms with Crippen molar-refractivity contribution in [1.29, 1.82) is 0 Å². The molecule has 0 aliphatic carbocycles. The van der Waals surface area contributed by atoms with Crippen molar-refractivity contribution < 1.29 is 27.1 Å². The molecule has 7 nitrogen and oxygen atoms in total. The summed E-state index contributed by atoms with van der Waals surface area (Å²) in [5.41, 5.74) is 0.775. The molecule has 0 saturated heterocycles.